The molecule has 9 heteroatoms. The number of carboxylic acid groups (broad SMARTS) is 1. The van der Waals surface area contributed by atoms with Gasteiger partial charge in [-0.15, -0.1) is 0 Å². The number of alkyl halides is 3. The van der Waals surface area contributed by atoms with Crippen LogP contribution in [0.4, 0.5) is 23.7 Å². The molecule has 0 radical (unpaired) electrons. The van der Waals surface area contributed by atoms with E-state index in [2.05, 4.69) is 0 Å². The maximum Gasteiger partial charge on any atom is 0.417 e. The fourth-order valence-corrected chi connectivity index (χ4v) is 2.91. The first-order chi connectivity index (χ1) is 12.1. The molecule has 1 aromatic heterocycles. The molecule has 1 N–H and O–H groups in total. The Morgan fingerprint density at radius 3 is 2.42 bits per heavy atom. The van der Waals surface area contributed by atoms with E-state index >= 15 is 0 Å². The van der Waals surface area contributed by atoms with E-state index in [9.17, 15) is 33.2 Å². The lowest BCUT2D eigenvalue weighted by molar-refractivity contribution is -0.385. The average molecular weight is 364 g/mol. The summed E-state index contributed by atoms with van der Waals surface area (Å²) in [5.74, 6) is 0. The van der Waals surface area contributed by atoms with Crippen LogP contribution in [0.3, 0.4) is 0 Å². The zero-order valence-electron chi connectivity index (χ0n) is 13.2. The van der Waals surface area contributed by atoms with Crippen molar-refractivity contribution in [1.82, 2.24) is 4.57 Å². The van der Waals surface area contributed by atoms with Gasteiger partial charge in [-0.1, -0.05) is 18.2 Å². The monoisotopic (exact) mass is 364 g/mol. The number of benzene rings is 2. The summed E-state index contributed by atoms with van der Waals surface area (Å²) >= 11 is 0. The normalized spacial score (nSPS) is 11.7. The maximum absolute atomic E-state index is 13.3. The number of aryl methyl sites for hydroxylation is 1. The molecule has 0 saturated carbocycles. The van der Waals surface area contributed by atoms with Crippen LogP contribution in [0.1, 0.15) is 11.1 Å². The molecule has 0 fully saturated rings. The molecule has 0 spiro atoms. The minimum absolute atomic E-state index is 0.0539. The molecule has 0 aliphatic heterocycles. The average Bonchev–Trinajstić information content (AvgIpc) is 2.91. The predicted molar refractivity (Wildman–Crippen MR) is 87.2 cm³/mol. The number of fused-ring (bicyclic) bond motifs is 1. The van der Waals surface area contributed by atoms with Crippen molar-refractivity contribution in [2.75, 3.05) is 0 Å². The van der Waals surface area contributed by atoms with Gasteiger partial charge in [0, 0.05) is 22.6 Å². The third-order valence-corrected chi connectivity index (χ3v) is 4.02. The van der Waals surface area contributed by atoms with Crippen LogP contribution in [0.15, 0.2) is 42.5 Å². The van der Waals surface area contributed by atoms with Crippen LogP contribution in [-0.4, -0.2) is 20.7 Å². The largest absolute Gasteiger partial charge is 0.464 e. The topological polar surface area (TPSA) is 85.4 Å². The lowest BCUT2D eigenvalue weighted by Crippen LogP contribution is -2.12. The van der Waals surface area contributed by atoms with Crippen molar-refractivity contribution >= 4 is 22.7 Å². The minimum atomic E-state index is -4.68. The van der Waals surface area contributed by atoms with Gasteiger partial charge in [0.15, 0.2) is 0 Å². The number of nitro groups is 1. The van der Waals surface area contributed by atoms with E-state index in [0.29, 0.717) is 9.95 Å². The van der Waals surface area contributed by atoms with Gasteiger partial charge in [-0.05, 0) is 25.1 Å². The number of carbonyl (C=O) groups is 1. The van der Waals surface area contributed by atoms with Gasteiger partial charge in [0.25, 0.3) is 5.69 Å². The van der Waals surface area contributed by atoms with E-state index in [1.165, 1.54) is 31.2 Å². The van der Waals surface area contributed by atoms with Crippen molar-refractivity contribution in [2.24, 2.45) is 0 Å². The molecule has 6 nitrogen and oxygen atoms in total. The number of hydrogen-bond acceptors (Lipinski definition) is 3. The van der Waals surface area contributed by atoms with E-state index in [-0.39, 0.29) is 28.0 Å². The SMILES string of the molecule is Cc1cc2cc(-c3ccccc3C(F)(F)F)n(C(=O)O)c2cc1[N+](=O)[O-]. The molecule has 0 aliphatic rings. The second-order valence-electron chi connectivity index (χ2n) is 5.65. The summed E-state index contributed by atoms with van der Waals surface area (Å²) in [4.78, 5) is 22.1. The van der Waals surface area contributed by atoms with Gasteiger partial charge in [0.05, 0.1) is 21.7 Å². The van der Waals surface area contributed by atoms with Gasteiger partial charge in [-0.2, -0.15) is 13.2 Å². The van der Waals surface area contributed by atoms with Crippen molar-refractivity contribution in [1.29, 1.82) is 0 Å². The van der Waals surface area contributed by atoms with Crippen LogP contribution in [-0.2, 0) is 6.18 Å². The van der Waals surface area contributed by atoms with Crippen molar-refractivity contribution in [3.8, 4) is 11.3 Å². The third kappa shape index (κ3) is 2.77. The van der Waals surface area contributed by atoms with Gasteiger partial charge >= 0.3 is 12.3 Å². The van der Waals surface area contributed by atoms with E-state index in [0.717, 1.165) is 18.2 Å². The summed E-state index contributed by atoms with van der Waals surface area (Å²) in [7, 11) is 0. The highest BCUT2D eigenvalue weighted by atomic mass is 19.4. The molecule has 3 rings (SSSR count). The number of nitrogens with zero attached hydrogens (tertiary/aromatic N) is 2. The van der Waals surface area contributed by atoms with Crippen molar-refractivity contribution in [2.45, 2.75) is 13.1 Å². The smallest absolute Gasteiger partial charge is 0.417 e. The Hall–Kier alpha value is -3.36. The first kappa shape index (κ1) is 17.5. The molecule has 134 valence electrons. The molecular weight excluding hydrogens is 353 g/mol. The zero-order chi connectivity index (χ0) is 19.2. The van der Waals surface area contributed by atoms with Gasteiger partial charge in [-0.3, -0.25) is 10.1 Å². The molecular formula is C17H11F3N2O4. The van der Waals surface area contributed by atoms with Gasteiger partial charge in [-0.25, -0.2) is 9.36 Å². The standard InChI is InChI=1S/C17H11F3N2O4/c1-9-6-10-7-15(11-4-2-3-5-12(11)17(18,19)20)21(16(23)24)14(10)8-13(9)22(25)26/h2-8H,1H3,(H,23,24). The summed E-state index contributed by atoms with van der Waals surface area (Å²) in [5, 5.41) is 20.9. The molecule has 0 saturated heterocycles. The van der Waals surface area contributed by atoms with Crippen molar-refractivity contribution < 1.29 is 28.0 Å². The van der Waals surface area contributed by atoms with Crippen LogP contribution in [0.25, 0.3) is 22.2 Å². The summed E-state index contributed by atoms with van der Waals surface area (Å²) in [6.45, 7) is 1.47. The maximum atomic E-state index is 13.3. The Morgan fingerprint density at radius 2 is 1.85 bits per heavy atom. The highest BCUT2D eigenvalue weighted by Crippen LogP contribution is 2.39. The Bertz CT molecular complexity index is 1050. The zero-order valence-corrected chi connectivity index (χ0v) is 13.2. The number of nitro benzene ring substituents is 1. The molecule has 2 aromatic carbocycles. The van der Waals surface area contributed by atoms with Gasteiger partial charge in [0.1, 0.15) is 0 Å². The van der Waals surface area contributed by atoms with Crippen LogP contribution in [0, 0.1) is 17.0 Å². The lowest BCUT2D eigenvalue weighted by atomic mass is 10.0. The Kier molecular flexibility index (Phi) is 3.94. The van der Waals surface area contributed by atoms with Crippen LogP contribution >= 0.6 is 0 Å². The molecule has 1 heterocycles. The fraction of sp³-hybridized carbons (Fsp3) is 0.118. The van der Waals surface area contributed by atoms with Crippen molar-refractivity contribution in [3.63, 3.8) is 0 Å². The number of halogens is 3. The highest BCUT2D eigenvalue weighted by Gasteiger charge is 2.34. The summed E-state index contributed by atoms with van der Waals surface area (Å²) in [5.41, 5.74) is -1.60. The van der Waals surface area contributed by atoms with Gasteiger partial charge in [0.2, 0.25) is 0 Å². The van der Waals surface area contributed by atoms with Crippen LogP contribution in [0.5, 0.6) is 0 Å². The quantitative estimate of drug-likeness (QED) is 0.508. The van der Waals surface area contributed by atoms with Gasteiger partial charge < -0.3 is 5.11 Å². The molecule has 0 amide bonds. The number of hydrogen-bond donors (Lipinski definition) is 1. The number of rotatable bonds is 2. The van der Waals surface area contributed by atoms with Crippen LogP contribution in [0.2, 0.25) is 0 Å². The van der Waals surface area contributed by atoms with E-state index in [1.807, 2.05) is 0 Å². The molecule has 0 aliphatic carbocycles. The van der Waals surface area contributed by atoms with E-state index < -0.39 is 22.8 Å². The lowest BCUT2D eigenvalue weighted by Gasteiger charge is -2.13. The minimum Gasteiger partial charge on any atom is -0.464 e. The van der Waals surface area contributed by atoms with E-state index in [4.69, 9.17) is 0 Å². The summed E-state index contributed by atoms with van der Waals surface area (Å²) < 4.78 is 40.6. The predicted octanol–water partition coefficient (Wildman–Crippen LogP) is 5.07. The second kappa shape index (κ2) is 5.87. The summed E-state index contributed by atoms with van der Waals surface area (Å²) in [6.07, 6.45) is -6.22. The Morgan fingerprint density at radius 1 is 1.19 bits per heavy atom. The molecule has 26 heavy (non-hydrogen) atoms. The third-order valence-electron chi connectivity index (χ3n) is 4.02. The summed E-state index contributed by atoms with van der Waals surface area (Å²) in [6, 6.07) is 8.30. The molecule has 0 atom stereocenters. The first-order valence-corrected chi connectivity index (χ1v) is 7.31. The first-order valence-electron chi connectivity index (χ1n) is 7.31. The van der Waals surface area contributed by atoms with E-state index in [1.54, 1.807) is 0 Å². The molecule has 0 unspecified atom stereocenters. The highest BCUT2D eigenvalue weighted by molar-refractivity contribution is 5.97. The molecule has 3 aromatic rings. The second-order valence-corrected chi connectivity index (χ2v) is 5.65. The Labute approximate surface area is 144 Å². The fourth-order valence-electron chi connectivity index (χ4n) is 2.91. The Balaban J connectivity index is 2.40. The number of aromatic nitrogens is 1. The van der Waals surface area contributed by atoms with Crippen LogP contribution < -0.4 is 0 Å². The molecule has 0 bridgehead atoms. The van der Waals surface area contributed by atoms with Crippen molar-refractivity contribution in [3.05, 3.63) is 63.7 Å².